The standard InChI is InChI=1S/C15H21N3O3/c1-3-13-10(5-4-6-21-13)15(20)18-7-11-12(8-18)16-9(2)17-14(11)19/h10,13H,3-8H2,1-2H3,(H,16,17,19). The van der Waals surface area contributed by atoms with Gasteiger partial charge in [0.2, 0.25) is 5.91 Å². The zero-order chi connectivity index (χ0) is 15.0. The lowest BCUT2D eigenvalue weighted by molar-refractivity contribution is -0.145. The van der Waals surface area contributed by atoms with E-state index in [1.165, 1.54) is 0 Å². The highest BCUT2D eigenvalue weighted by molar-refractivity contribution is 5.80. The molecule has 3 rings (SSSR count). The Bertz CT molecular complexity index is 611. The number of ether oxygens (including phenoxy) is 1. The molecule has 21 heavy (non-hydrogen) atoms. The van der Waals surface area contributed by atoms with Crippen LogP contribution in [0.15, 0.2) is 4.79 Å². The Morgan fingerprint density at radius 3 is 3.05 bits per heavy atom. The van der Waals surface area contributed by atoms with Crippen molar-refractivity contribution < 1.29 is 9.53 Å². The summed E-state index contributed by atoms with van der Waals surface area (Å²) >= 11 is 0. The molecule has 114 valence electrons. The van der Waals surface area contributed by atoms with Gasteiger partial charge in [0.25, 0.3) is 5.56 Å². The van der Waals surface area contributed by atoms with E-state index in [4.69, 9.17) is 4.74 Å². The molecule has 2 aliphatic rings. The van der Waals surface area contributed by atoms with E-state index in [1.54, 1.807) is 11.8 Å². The van der Waals surface area contributed by atoms with E-state index in [0.29, 0.717) is 24.5 Å². The highest BCUT2D eigenvalue weighted by Crippen LogP contribution is 2.28. The number of nitrogens with zero attached hydrogens (tertiary/aromatic N) is 2. The molecule has 2 aliphatic heterocycles. The van der Waals surface area contributed by atoms with Crippen molar-refractivity contribution in [2.75, 3.05) is 6.61 Å². The van der Waals surface area contributed by atoms with Gasteiger partial charge in [0.1, 0.15) is 5.82 Å². The Morgan fingerprint density at radius 1 is 1.48 bits per heavy atom. The Hall–Kier alpha value is -1.69. The Balaban J connectivity index is 1.79. The number of aryl methyl sites for hydroxylation is 1. The van der Waals surface area contributed by atoms with Crippen LogP contribution >= 0.6 is 0 Å². The summed E-state index contributed by atoms with van der Waals surface area (Å²) in [5.41, 5.74) is 1.23. The molecule has 0 spiro atoms. The zero-order valence-corrected chi connectivity index (χ0v) is 12.5. The SMILES string of the molecule is CCC1OCCCC1C(=O)N1Cc2nc(C)[nH]c(=O)c2C1. The maximum atomic E-state index is 12.7. The van der Waals surface area contributed by atoms with Crippen molar-refractivity contribution in [1.29, 1.82) is 0 Å². The quantitative estimate of drug-likeness (QED) is 0.886. The summed E-state index contributed by atoms with van der Waals surface area (Å²) in [7, 11) is 0. The van der Waals surface area contributed by atoms with Crippen LogP contribution in [0.2, 0.25) is 0 Å². The lowest BCUT2D eigenvalue weighted by atomic mass is 9.91. The predicted molar refractivity (Wildman–Crippen MR) is 76.6 cm³/mol. The molecule has 3 heterocycles. The van der Waals surface area contributed by atoms with Crippen molar-refractivity contribution in [3.8, 4) is 0 Å². The Morgan fingerprint density at radius 2 is 2.29 bits per heavy atom. The van der Waals surface area contributed by atoms with Crippen LogP contribution in [0.25, 0.3) is 0 Å². The number of fused-ring (bicyclic) bond motifs is 1. The molecule has 2 unspecified atom stereocenters. The van der Waals surface area contributed by atoms with E-state index < -0.39 is 0 Å². The van der Waals surface area contributed by atoms with Crippen LogP contribution in [-0.4, -0.2) is 33.5 Å². The Kier molecular flexibility index (Phi) is 3.80. The molecule has 6 nitrogen and oxygen atoms in total. The number of rotatable bonds is 2. The van der Waals surface area contributed by atoms with Crippen LogP contribution in [0.3, 0.4) is 0 Å². The van der Waals surface area contributed by atoms with Gasteiger partial charge < -0.3 is 14.6 Å². The first-order chi connectivity index (χ1) is 10.1. The summed E-state index contributed by atoms with van der Waals surface area (Å²) in [6, 6.07) is 0. The minimum absolute atomic E-state index is 0.00272. The molecule has 0 aromatic carbocycles. The second kappa shape index (κ2) is 5.60. The average Bonchev–Trinajstić information content (AvgIpc) is 2.90. The molecular formula is C15H21N3O3. The topological polar surface area (TPSA) is 75.3 Å². The van der Waals surface area contributed by atoms with Gasteiger partial charge in [-0.15, -0.1) is 0 Å². The predicted octanol–water partition coefficient (Wildman–Crippen LogP) is 1.13. The molecule has 2 atom stereocenters. The molecule has 1 N–H and O–H groups in total. The summed E-state index contributed by atoms with van der Waals surface area (Å²) in [6.07, 6.45) is 2.64. The minimum Gasteiger partial charge on any atom is -0.377 e. The number of aromatic amines is 1. The van der Waals surface area contributed by atoms with E-state index in [-0.39, 0.29) is 23.5 Å². The van der Waals surface area contributed by atoms with Crippen LogP contribution < -0.4 is 5.56 Å². The van der Waals surface area contributed by atoms with Crippen LogP contribution in [0, 0.1) is 12.8 Å². The van der Waals surface area contributed by atoms with Crippen molar-refractivity contribution in [2.24, 2.45) is 5.92 Å². The molecule has 0 radical (unpaired) electrons. The van der Waals surface area contributed by atoms with Gasteiger partial charge in [-0.3, -0.25) is 9.59 Å². The zero-order valence-electron chi connectivity index (χ0n) is 12.5. The molecule has 1 aromatic rings. The molecule has 1 amide bonds. The maximum absolute atomic E-state index is 12.7. The summed E-state index contributed by atoms with van der Waals surface area (Å²) < 4.78 is 5.71. The van der Waals surface area contributed by atoms with E-state index in [0.717, 1.165) is 31.6 Å². The van der Waals surface area contributed by atoms with Gasteiger partial charge >= 0.3 is 0 Å². The van der Waals surface area contributed by atoms with E-state index in [2.05, 4.69) is 9.97 Å². The number of hydrogen-bond donors (Lipinski definition) is 1. The molecule has 6 heteroatoms. The fraction of sp³-hybridized carbons (Fsp3) is 0.667. The van der Waals surface area contributed by atoms with Crippen LogP contribution in [0.4, 0.5) is 0 Å². The summed E-state index contributed by atoms with van der Waals surface area (Å²) in [4.78, 5) is 33.5. The first-order valence-corrected chi connectivity index (χ1v) is 7.59. The molecule has 1 aromatic heterocycles. The first kappa shape index (κ1) is 14.3. The second-order valence-electron chi connectivity index (χ2n) is 5.84. The van der Waals surface area contributed by atoms with E-state index in [1.807, 2.05) is 6.92 Å². The second-order valence-corrected chi connectivity index (χ2v) is 5.84. The van der Waals surface area contributed by atoms with Crippen molar-refractivity contribution in [2.45, 2.75) is 52.3 Å². The molecule has 0 saturated carbocycles. The molecule has 1 saturated heterocycles. The fourth-order valence-electron chi connectivity index (χ4n) is 3.31. The van der Waals surface area contributed by atoms with Crippen LogP contribution in [0.1, 0.15) is 43.3 Å². The van der Waals surface area contributed by atoms with Gasteiger partial charge in [0.05, 0.1) is 36.4 Å². The van der Waals surface area contributed by atoms with Gasteiger partial charge in [-0.1, -0.05) is 6.92 Å². The minimum atomic E-state index is -0.125. The summed E-state index contributed by atoms with van der Waals surface area (Å²) in [6.45, 7) is 5.34. The highest BCUT2D eigenvalue weighted by Gasteiger charge is 2.36. The third-order valence-electron chi connectivity index (χ3n) is 4.38. The normalized spacial score (nSPS) is 25.0. The largest absolute Gasteiger partial charge is 0.377 e. The molecule has 0 bridgehead atoms. The number of amides is 1. The molecule has 1 fully saturated rings. The number of aromatic nitrogens is 2. The van der Waals surface area contributed by atoms with Gasteiger partial charge in [0, 0.05) is 6.61 Å². The fourth-order valence-corrected chi connectivity index (χ4v) is 3.31. The smallest absolute Gasteiger partial charge is 0.256 e. The number of carbonyl (C=O) groups is 1. The molecule has 0 aliphatic carbocycles. The first-order valence-electron chi connectivity index (χ1n) is 7.59. The third-order valence-corrected chi connectivity index (χ3v) is 4.38. The Labute approximate surface area is 123 Å². The maximum Gasteiger partial charge on any atom is 0.256 e. The number of hydrogen-bond acceptors (Lipinski definition) is 4. The van der Waals surface area contributed by atoms with Gasteiger partial charge in [-0.05, 0) is 26.2 Å². The number of H-pyrrole nitrogens is 1. The van der Waals surface area contributed by atoms with Gasteiger partial charge in [-0.25, -0.2) is 4.98 Å². The van der Waals surface area contributed by atoms with Crippen LogP contribution in [0.5, 0.6) is 0 Å². The highest BCUT2D eigenvalue weighted by atomic mass is 16.5. The summed E-state index contributed by atoms with van der Waals surface area (Å²) in [5, 5.41) is 0. The van der Waals surface area contributed by atoms with Crippen LogP contribution in [-0.2, 0) is 22.6 Å². The lowest BCUT2D eigenvalue weighted by Crippen LogP contribution is -2.41. The van der Waals surface area contributed by atoms with Crippen molar-refractivity contribution in [1.82, 2.24) is 14.9 Å². The van der Waals surface area contributed by atoms with Gasteiger partial charge in [0.15, 0.2) is 0 Å². The summed E-state index contributed by atoms with van der Waals surface area (Å²) in [5.74, 6) is 0.607. The van der Waals surface area contributed by atoms with Gasteiger partial charge in [-0.2, -0.15) is 0 Å². The number of nitrogens with one attached hydrogen (secondary N) is 1. The van der Waals surface area contributed by atoms with Crippen molar-refractivity contribution >= 4 is 5.91 Å². The monoisotopic (exact) mass is 291 g/mol. The lowest BCUT2D eigenvalue weighted by Gasteiger charge is -2.32. The third kappa shape index (κ3) is 2.60. The average molecular weight is 291 g/mol. The van der Waals surface area contributed by atoms with Crippen molar-refractivity contribution in [3.05, 3.63) is 27.4 Å². The molecular weight excluding hydrogens is 270 g/mol. The van der Waals surface area contributed by atoms with E-state index >= 15 is 0 Å². The number of carbonyl (C=O) groups excluding carboxylic acids is 1. The van der Waals surface area contributed by atoms with E-state index in [9.17, 15) is 9.59 Å². The van der Waals surface area contributed by atoms with Crippen molar-refractivity contribution in [3.63, 3.8) is 0 Å².